The number of benzene rings is 1. The Labute approximate surface area is 116 Å². The Morgan fingerprint density at radius 1 is 1.11 bits per heavy atom. The second kappa shape index (κ2) is 7.59. The van der Waals surface area contributed by atoms with Gasteiger partial charge in [0.25, 0.3) is 0 Å². The van der Waals surface area contributed by atoms with Gasteiger partial charge in [0.05, 0.1) is 5.75 Å². The molecule has 1 aromatic rings. The van der Waals surface area contributed by atoms with Crippen molar-refractivity contribution in [2.24, 2.45) is 0 Å². The van der Waals surface area contributed by atoms with Gasteiger partial charge in [0.15, 0.2) is 0 Å². The van der Waals surface area contributed by atoms with Crippen molar-refractivity contribution in [2.75, 3.05) is 34.2 Å². The summed E-state index contributed by atoms with van der Waals surface area (Å²) in [6.07, 6.45) is 0. The SMILES string of the molecule is CNCc1ccc(CS(=O)(=O)NCCN(C)C)cc1. The van der Waals surface area contributed by atoms with E-state index in [1.807, 2.05) is 50.3 Å². The smallest absolute Gasteiger partial charge is 0.215 e. The van der Waals surface area contributed by atoms with Gasteiger partial charge in [-0.05, 0) is 32.3 Å². The predicted octanol–water partition coefficient (Wildman–Crippen LogP) is 0.387. The number of hydrogen-bond donors (Lipinski definition) is 2. The Morgan fingerprint density at radius 3 is 2.21 bits per heavy atom. The van der Waals surface area contributed by atoms with Gasteiger partial charge in [-0.25, -0.2) is 13.1 Å². The van der Waals surface area contributed by atoms with Crippen LogP contribution in [0.3, 0.4) is 0 Å². The lowest BCUT2D eigenvalue weighted by Crippen LogP contribution is -2.32. The first-order valence-corrected chi connectivity index (χ1v) is 7.92. The molecule has 0 atom stereocenters. The lowest BCUT2D eigenvalue weighted by atomic mass is 10.1. The average molecular weight is 285 g/mol. The second-order valence-corrected chi connectivity index (χ2v) is 6.61. The molecule has 0 amide bonds. The van der Waals surface area contributed by atoms with Crippen molar-refractivity contribution < 1.29 is 8.42 Å². The lowest BCUT2D eigenvalue weighted by molar-refractivity contribution is 0.412. The highest BCUT2D eigenvalue weighted by Crippen LogP contribution is 2.07. The standard InChI is InChI=1S/C13H23N3O2S/c1-14-10-12-4-6-13(7-5-12)11-19(17,18)15-8-9-16(2)3/h4-7,14-15H,8-11H2,1-3H3. The summed E-state index contributed by atoms with van der Waals surface area (Å²) in [6.45, 7) is 1.92. The van der Waals surface area contributed by atoms with E-state index in [1.54, 1.807) is 0 Å². The fourth-order valence-corrected chi connectivity index (χ4v) is 2.79. The molecule has 0 spiro atoms. The first kappa shape index (κ1) is 16.1. The number of likely N-dealkylation sites (N-methyl/N-ethyl adjacent to an activating group) is 1. The van der Waals surface area contributed by atoms with E-state index in [9.17, 15) is 8.42 Å². The molecule has 2 N–H and O–H groups in total. The Morgan fingerprint density at radius 2 is 1.68 bits per heavy atom. The van der Waals surface area contributed by atoms with Crippen molar-refractivity contribution in [3.63, 3.8) is 0 Å². The molecule has 1 rings (SSSR count). The highest BCUT2D eigenvalue weighted by atomic mass is 32.2. The molecule has 0 saturated heterocycles. The van der Waals surface area contributed by atoms with Gasteiger partial charge < -0.3 is 10.2 Å². The Balaban J connectivity index is 2.52. The van der Waals surface area contributed by atoms with E-state index in [0.29, 0.717) is 13.1 Å². The maximum Gasteiger partial charge on any atom is 0.215 e. The summed E-state index contributed by atoms with van der Waals surface area (Å²) in [5.41, 5.74) is 1.95. The lowest BCUT2D eigenvalue weighted by Gasteiger charge is -2.11. The molecule has 19 heavy (non-hydrogen) atoms. The number of nitrogens with one attached hydrogen (secondary N) is 2. The minimum Gasteiger partial charge on any atom is -0.316 e. The number of hydrogen-bond acceptors (Lipinski definition) is 4. The molecular weight excluding hydrogens is 262 g/mol. The van der Waals surface area contributed by atoms with Crippen LogP contribution in [-0.2, 0) is 22.3 Å². The Bertz CT molecular complexity index is 469. The maximum atomic E-state index is 11.9. The van der Waals surface area contributed by atoms with Gasteiger partial charge in [-0.1, -0.05) is 24.3 Å². The van der Waals surface area contributed by atoms with E-state index in [1.165, 1.54) is 0 Å². The van der Waals surface area contributed by atoms with Gasteiger partial charge in [0.1, 0.15) is 0 Å². The zero-order chi connectivity index (χ0) is 14.3. The van der Waals surface area contributed by atoms with Crippen LogP contribution in [0.2, 0.25) is 0 Å². The van der Waals surface area contributed by atoms with Crippen molar-refractivity contribution in [1.82, 2.24) is 14.9 Å². The summed E-state index contributed by atoms with van der Waals surface area (Å²) >= 11 is 0. The fraction of sp³-hybridized carbons (Fsp3) is 0.538. The number of sulfonamides is 1. The topological polar surface area (TPSA) is 61.4 Å². The number of rotatable bonds is 8. The minimum absolute atomic E-state index is 0.0280. The minimum atomic E-state index is -3.25. The second-order valence-electron chi connectivity index (χ2n) is 4.80. The quantitative estimate of drug-likeness (QED) is 0.725. The maximum absolute atomic E-state index is 11.9. The molecule has 0 aliphatic rings. The van der Waals surface area contributed by atoms with Crippen LogP contribution in [0.4, 0.5) is 0 Å². The van der Waals surface area contributed by atoms with Crippen LogP contribution in [0.25, 0.3) is 0 Å². The Kier molecular flexibility index (Phi) is 6.44. The summed E-state index contributed by atoms with van der Waals surface area (Å²) in [4.78, 5) is 1.94. The summed E-state index contributed by atoms with van der Waals surface area (Å²) in [5, 5.41) is 3.05. The van der Waals surface area contributed by atoms with Crippen LogP contribution in [0, 0.1) is 0 Å². The average Bonchev–Trinajstić information content (AvgIpc) is 2.31. The Hall–Kier alpha value is -0.950. The third kappa shape index (κ3) is 6.68. The summed E-state index contributed by atoms with van der Waals surface area (Å²) in [7, 11) is 2.46. The van der Waals surface area contributed by atoms with E-state index >= 15 is 0 Å². The van der Waals surface area contributed by atoms with Crippen LogP contribution in [0.15, 0.2) is 24.3 Å². The van der Waals surface area contributed by atoms with Crippen molar-refractivity contribution in [1.29, 1.82) is 0 Å². The third-order valence-electron chi connectivity index (χ3n) is 2.64. The molecule has 0 unspecified atom stereocenters. The zero-order valence-corrected chi connectivity index (χ0v) is 12.6. The first-order valence-electron chi connectivity index (χ1n) is 6.27. The summed E-state index contributed by atoms with van der Waals surface area (Å²) in [6, 6.07) is 7.61. The van der Waals surface area contributed by atoms with Crippen LogP contribution >= 0.6 is 0 Å². The molecule has 0 radical (unpaired) electrons. The van der Waals surface area contributed by atoms with Crippen LogP contribution in [0.5, 0.6) is 0 Å². The molecule has 1 aromatic carbocycles. The fourth-order valence-electron chi connectivity index (χ4n) is 1.65. The van der Waals surface area contributed by atoms with Crippen molar-refractivity contribution in [3.05, 3.63) is 35.4 Å². The third-order valence-corrected chi connectivity index (χ3v) is 4.00. The first-order chi connectivity index (χ1) is 8.93. The molecule has 0 aliphatic carbocycles. The van der Waals surface area contributed by atoms with E-state index in [4.69, 9.17) is 0 Å². The van der Waals surface area contributed by atoms with Crippen molar-refractivity contribution in [2.45, 2.75) is 12.3 Å². The van der Waals surface area contributed by atoms with Gasteiger partial charge in [0, 0.05) is 19.6 Å². The zero-order valence-electron chi connectivity index (χ0n) is 11.8. The van der Waals surface area contributed by atoms with Crippen LogP contribution in [-0.4, -0.2) is 47.6 Å². The van der Waals surface area contributed by atoms with Gasteiger partial charge in [-0.15, -0.1) is 0 Å². The molecule has 0 bridgehead atoms. The molecule has 0 heterocycles. The molecule has 0 fully saturated rings. The molecule has 0 aliphatic heterocycles. The van der Waals surface area contributed by atoms with Gasteiger partial charge in [-0.2, -0.15) is 0 Å². The molecule has 0 aromatic heterocycles. The molecule has 108 valence electrons. The van der Waals surface area contributed by atoms with E-state index < -0.39 is 10.0 Å². The van der Waals surface area contributed by atoms with Gasteiger partial charge in [0.2, 0.25) is 10.0 Å². The monoisotopic (exact) mass is 285 g/mol. The van der Waals surface area contributed by atoms with Crippen molar-refractivity contribution in [3.8, 4) is 0 Å². The van der Waals surface area contributed by atoms with Crippen molar-refractivity contribution >= 4 is 10.0 Å². The number of nitrogens with zero attached hydrogens (tertiary/aromatic N) is 1. The molecule has 5 nitrogen and oxygen atoms in total. The van der Waals surface area contributed by atoms with Crippen LogP contribution < -0.4 is 10.0 Å². The summed E-state index contributed by atoms with van der Waals surface area (Å²) < 4.78 is 26.3. The molecular formula is C13H23N3O2S. The largest absolute Gasteiger partial charge is 0.316 e. The predicted molar refractivity (Wildman–Crippen MR) is 78.4 cm³/mol. The van der Waals surface area contributed by atoms with Gasteiger partial charge in [-0.3, -0.25) is 0 Å². The van der Waals surface area contributed by atoms with E-state index in [0.717, 1.165) is 17.7 Å². The van der Waals surface area contributed by atoms with Crippen LogP contribution in [0.1, 0.15) is 11.1 Å². The normalized spacial score (nSPS) is 12.0. The van der Waals surface area contributed by atoms with E-state index in [-0.39, 0.29) is 5.75 Å². The summed E-state index contributed by atoms with van der Waals surface area (Å²) in [5.74, 6) is 0.0280. The molecule has 0 saturated carbocycles. The van der Waals surface area contributed by atoms with E-state index in [2.05, 4.69) is 10.0 Å². The molecule has 6 heteroatoms. The highest BCUT2D eigenvalue weighted by Gasteiger charge is 2.10. The highest BCUT2D eigenvalue weighted by molar-refractivity contribution is 7.88. The van der Waals surface area contributed by atoms with Gasteiger partial charge >= 0.3 is 0 Å².